The molecule has 2 aromatic rings. The van der Waals surface area contributed by atoms with Crippen LogP contribution in [-0.2, 0) is 11.3 Å². The van der Waals surface area contributed by atoms with Gasteiger partial charge in [0.1, 0.15) is 6.61 Å². The molecule has 0 fully saturated rings. The van der Waals surface area contributed by atoms with E-state index in [2.05, 4.69) is 10.6 Å². The average Bonchev–Trinajstić information content (AvgIpc) is 2.59. The lowest BCUT2D eigenvalue weighted by Gasteiger charge is -2.12. The Bertz CT molecular complexity index is 619. The summed E-state index contributed by atoms with van der Waals surface area (Å²) in [6.07, 6.45) is -1.37. The highest BCUT2D eigenvalue weighted by atomic mass is 16.5. The first kappa shape index (κ1) is 16.8. The lowest BCUT2D eigenvalue weighted by molar-refractivity contribution is 0.105. The highest BCUT2D eigenvalue weighted by molar-refractivity contribution is 5.85. The number of aliphatic hydroxyl groups is 2. The molecule has 6 heteroatoms. The Kier molecular flexibility index (Phi) is 6.40. The molecule has 122 valence electrons. The van der Waals surface area contributed by atoms with Crippen LogP contribution in [0.4, 0.5) is 16.2 Å². The zero-order valence-electron chi connectivity index (χ0n) is 12.6. The van der Waals surface area contributed by atoms with Gasteiger partial charge in [0.05, 0.1) is 12.7 Å². The zero-order valence-corrected chi connectivity index (χ0v) is 12.6. The predicted octanol–water partition coefficient (Wildman–Crippen LogP) is 2.20. The molecule has 0 spiro atoms. The third-order valence-electron chi connectivity index (χ3n) is 3.07. The van der Waals surface area contributed by atoms with Gasteiger partial charge in [-0.15, -0.1) is 0 Å². The molecule has 0 radical (unpaired) electrons. The van der Waals surface area contributed by atoms with Gasteiger partial charge in [-0.2, -0.15) is 0 Å². The van der Waals surface area contributed by atoms with Crippen LogP contribution in [0.5, 0.6) is 0 Å². The van der Waals surface area contributed by atoms with Gasteiger partial charge in [0, 0.05) is 17.9 Å². The number of hydrogen-bond donors (Lipinski definition) is 4. The van der Waals surface area contributed by atoms with Crippen LogP contribution in [0.3, 0.4) is 0 Å². The molecule has 2 rings (SSSR count). The maximum atomic E-state index is 11.8. The molecule has 0 aliphatic carbocycles. The van der Waals surface area contributed by atoms with Crippen LogP contribution in [0.25, 0.3) is 0 Å². The zero-order chi connectivity index (χ0) is 16.5. The Morgan fingerprint density at radius 1 is 1.09 bits per heavy atom. The normalized spacial score (nSPS) is 11.6. The molecular formula is C17H20N2O4. The van der Waals surface area contributed by atoms with Crippen LogP contribution in [0.1, 0.15) is 5.56 Å². The molecule has 0 aromatic heterocycles. The van der Waals surface area contributed by atoms with Gasteiger partial charge in [0.15, 0.2) is 0 Å². The number of carbonyl (C=O) groups is 1. The van der Waals surface area contributed by atoms with E-state index in [0.29, 0.717) is 5.69 Å². The molecule has 0 bridgehead atoms. The Morgan fingerprint density at radius 2 is 1.83 bits per heavy atom. The van der Waals surface area contributed by atoms with Crippen LogP contribution in [0.15, 0.2) is 54.6 Å². The van der Waals surface area contributed by atoms with Gasteiger partial charge in [0.25, 0.3) is 0 Å². The minimum Gasteiger partial charge on any atom is -0.444 e. The molecule has 1 atom stereocenters. The first-order valence-electron chi connectivity index (χ1n) is 7.28. The molecule has 0 heterocycles. The van der Waals surface area contributed by atoms with Crippen LogP contribution in [0.2, 0.25) is 0 Å². The molecule has 1 amide bonds. The van der Waals surface area contributed by atoms with Crippen molar-refractivity contribution in [3.8, 4) is 0 Å². The summed E-state index contributed by atoms with van der Waals surface area (Å²) in [5.74, 6) is 0. The quantitative estimate of drug-likeness (QED) is 0.629. The molecule has 23 heavy (non-hydrogen) atoms. The highest BCUT2D eigenvalue weighted by Gasteiger charge is 2.05. The molecule has 1 unspecified atom stereocenters. The molecule has 0 aliphatic heterocycles. The van der Waals surface area contributed by atoms with Crippen molar-refractivity contribution in [3.05, 3.63) is 60.2 Å². The standard InChI is InChI=1S/C17H20N2O4/c20-11-16(21)10-18-14-7-4-8-15(9-14)19-17(22)23-12-13-5-2-1-3-6-13/h1-9,16,18,20-21H,10-12H2,(H,19,22). The molecule has 6 nitrogen and oxygen atoms in total. The van der Waals surface area contributed by atoms with Crippen LogP contribution < -0.4 is 10.6 Å². The topological polar surface area (TPSA) is 90.8 Å². The fourth-order valence-corrected chi connectivity index (χ4v) is 1.88. The Balaban J connectivity index is 1.83. The second-order valence-electron chi connectivity index (χ2n) is 4.98. The summed E-state index contributed by atoms with van der Waals surface area (Å²) >= 11 is 0. The third-order valence-corrected chi connectivity index (χ3v) is 3.07. The average molecular weight is 316 g/mol. The Morgan fingerprint density at radius 3 is 2.57 bits per heavy atom. The number of aliphatic hydroxyl groups excluding tert-OH is 2. The second-order valence-corrected chi connectivity index (χ2v) is 4.98. The minimum absolute atomic E-state index is 0.202. The van der Waals surface area contributed by atoms with E-state index in [0.717, 1.165) is 11.3 Å². The van der Waals surface area contributed by atoms with Crippen molar-refractivity contribution >= 4 is 17.5 Å². The van der Waals surface area contributed by atoms with Crippen molar-refractivity contribution in [3.63, 3.8) is 0 Å². The van der Waals surface area contributed by atoms with Gasteiger partial charge in [-0.25, -0.2) is 4.79 Å². The number of ether oxygens (including phenoxy) is 1. The van der Waals surface area contributed by atoms with E-state index in [9.17, 15) is 9.90 Å². The van der Waals surface area contributed by atoms with Crippen molar-refractivity contribution in [1.82, 2.24) is 0 Å². The fraction of sp³-hybridized carbons (Fsp3) is 0.235. The number of hydrogen-bond acceptors (Lipinski definition) is 5. The summed E-state index contributed by atoms with van der Waals surface area (Å²) in [5.41, 5.74) is 2.21. The molecule has 0 saturated carbocycles. The summed E-state index contributed by atoms with van der Waals surface area (Å²) in [4.78, 5) is 11.8. The number of carbonyl (C=O) groups excluding carboxylic acids is 1. The predicted molar refractivity (Wildman–Crippen MR) is 88.3 cm³/mol. The lowest BCUT2D eigenvalue weighted by atomic mass is 10.2. The van der Waals surface area contributed by atoms with Crippen molar-refractivity contribution in [2.24, 2.45) is 0 Å². The molecule has 2 aromatic carbocycles. The van der Waals surface area contributed by atoms with Crippen molar-refractivity contribution in [1.29, 1.82) is 0 Å². The van der Waals surface area contributed by atoms with Crippen molar-refractivity contribution in [2.75, 3.05) is 23.8 Å². The first-order chi connectivity index (χ1) is 11.2. The Labute approximate surface area is 134 Å². The van der Waals surface area contributed by atoms with Gasteiger partial charge < -0.3 is 20.3 Å². The summed E-state index contributed by atoms with van der Waals surface area (Å²) < 4.78 is 5.14. The SMILES string of the molecule is O=C(Nc1cccc(NCC(O)CO)c1)OCc1ccccc1. The van der Waals surface area contributed by atoms with E-state index < -0.39 is 12.2 Å². The van der Waals surface area contributed by atoms with Crippen molar-refractivity contribution < 1.29 is 19.7 Å². The molecule has 0 saturated heterocycles. The fourth-order valence-electron chi connectivity index (χ4n) is 1.88. The monoisotopic (exact) mass is 316 g/mol. The number of benzene rings is 2. The molecule has 0 aliphatic rings. The van der Waals surface area contributed by atoms with Gasteiger partial charge in [0.2, 0.25) is 0 Å². The van der Waals surface area contributed by atoms with Crippen molar-refractivity contribution in [2.45, 2.75) is 12.7 Å². The second kappa shape index (κ2) is 8.77. The molecular weight excluding hydrogens is 296 g/mol. The number of anilines is 2. The number of rotatable bonds is 7. The third kappa shape index (κ3) is 5.98. The van der Waals surface area contributed by atoms with E-state index in [4.69, 9.17) is 9.84 Å². The number of nitrogens with one attached hydrogen (secondary N) is 2. The molecule has 4 N–H and O–H groups in total. The minimum atomic E-state index is -0.831. The van der Waals surface area contributed by atoms with Gasteiger partial charge in [-0.05, 0) is 23.8 Å². The number of amides is 1. The summed E-state index contributed by atoms with van der Waals surface area (Å²) in [5, 5.41) is 23.7. The van der Waals surface area contributed by atoms with Crippen LogP contribution >= 0.6 is 0 Å². The van der Waals surface area contributed by atoms with Crippen LogP contribution in [0, 0.1) is 0 Å². The van der Waals surface area contributed by atoms with Gasteiger partial charge in [-0.3, -0.25) is 5.32 Å². The maximum Gasteiger partial charge on any atom is 0.411 e. The largest absolute Gasteiger partial charge is 0.444 e. The summed E-state index contributed by atoms with van der Waals surface area (Å²) in [7, 11) is 0. The van der Waals surface area contributed by atoms with Gasteiger partial charge in [-0.1, -0.05) is 36.4 Å². The lowest BCUT2D eigenvalue weighted by Crippen LogP contribution is -2.23. The first-order valence-corrected chi connectivity index (χ1v) is 7.28. The maximum absolute atomic E-state index is 11.8. The van der Waals surface area contributed by atoms with Crippen LogP contribution in [-0.4, -0.2) is 35.6 Å². The van der Waals surface area contributed by atoms with E-state index >= 15 is 0 Å². The van der Waals surface area contributed by atoms with E-state index in [1.54, 1.807) is 24.3 Å². The van der Waals surface area contributed by atoms with E-state index in [1.165, 1.54) is 0 Å². The Hall–Kier alpha value is -2.57. The smallest absolute Gasteiger partial charge is 0.411 e. The van der Waals surface area contributed by atoms with E-state index in [-0.39, 0.29) is 19.8 Å². The highest BCUT2D eigenvalue weighted by Crippen LogP contribution is 2.15. The van der Waals surface area contributed by atoms with Gasteiger partial charge >= 0.3 is 6.09 Å². The summed E-state index contributed by atoms with van der Waals surface area (Å²) in [6, 6.07) is 16.4. The summed E-state index contributed by atoms with van der Waals surface area (Å²) in [6.45, 7) is 0.114. The van der Waals surface area contributed by atoms with E-state index in [1.807, 2.05) is 30.3 Å².